The second-order valence-electron chi connectivity index (χ2n) is 4.09. The molecule has 0 spiro atoms. The van der Waals surface area contributed by atoms with Crippen molar-refractivity contribution in [1.29, 1.82) is 5.26 Å². The molecule has 1 aromatic carbocycles. The number of halogens is 2. The predicted molar refractivity (Wildman–Crippen MR) is 62.7 cm³/mol. The lowest BCUT2D eigenvalue weighted by Gasteiger charge is -2.28. The molecule has 0 heterocycles. The molecule has 0 aliphatic carbocycles. The first-order valence-electron chi connectivity index (χ1n) is 5.31. The zero-order valence-electron chi connectivity index (χ0n) is 10.1. The summed E-state index contributed by atoms with van der Waals surface area (Å²) in [6, 6.07) is 3.19. The molecule has 6 heteroatoms. The van der Waals surface area contributed by atoms with E-state index in [1.807, 2.05) is 0 Å². The van der Waals surface area contributed by atoms with Crippen molar-refractivity contribution in [3.63, 3.8) is 0 Å². The van der Waals surface area contributed by atoms with Crippen LogP contribution in [0, 0.1) is 23.0 Å². The average molecular weight is 253 g/mol. The van der Waals surface area contributed by atoms with Crippen LogP contribution >= 0.6 is 0 Å². The maximum absolute atomic E-state index is 13.8. The van der Waals surface area contributed by atoms with Crippen molar-refractivity contribution < 1.29 is 13.6 Å². The fraction of sp³-hybridized carbons (Fsp3) is 0.333. The Hall–Kier alpha value is -2.16. The third kappa shape index (κ3) is 2.94. The molecule has 0 aliphatic heterocycles. The van der Waals surface area contributed by atoms with Crippen LogP contribution in [-0.4, -0.2) is 18.5 Å². The van der Waals surface area contributed by atoms with E-state index in [-0.39, 0.29) is 23.8 Å². The van der Waals surface area contributed by atoms with Gasteiger partial charge in [0.25, 0.3) is 0 Å². The van der Waals surface area contributed by atoms with E-state index in [9.17, 15) is 13.6 Å². The molecular weight excluding hydrogens is 240 g/mol. The molecule has 0 saturated carbocycles. The lowest BCUT2D eigenvalue weighted by Crippen LogP contribution is -2.39. The summed E-state index contributed by atoms with van der Waals surface area (Å²) >= 11 is 0. The topological polar surface area (TPSA) is 70.1 Å². The quantitative estimate of drug-likeness (QED) is 0.884. The Morgan fingerprint density at radius 1 is 1.44 bits per heavy atom. The van der Waals surface area contributed by atoms with Crippen molar-refractivity contribution in [3.8, 4) is 6.07 Å². The minimum Gasteiger partial charge on any atom is -0.368 e. The zero-order chi connectivity index (χ0) is 13.9. The number of rotatable bonds is 4. The molecule has 0 saturated heterocycles. The second-order valence-corrected chi connectivity index (χ2v) is 4.09. The molecule has 2 N–H and O–H groups in total. The van der Waals surface area contributed by atoms with Crippen LogP contribution in [0.3, 0.4) is 0 Å². The highest BCUT2D eigenvalue weighted by Crippen LogP contribution is 2.26. The molecule has 0 fully saturated rings. The first-order valence-corrected chi connectivity index (χ1v) is 5.31. The Morgan fingerprint density at radius 2 is 1.94 bits per heavy atom. The summed E-state index contributed by atoms with van der Waals surface area (Å²) in [4.78, 5) is 12.1. The highest BCUT2D eigenvalue weighted by Gasteiger charge is 2.21. The van der Waals surface area contributed by atoms with Crippen LogP contribution < -0.4 is 10.6 Å². The van der Waals surface area contributed by atoms with E-state index in [0.29, 0.717) is 0 Å². The Kier molecular flexibility index (Phi) is 4.21. The lowest BCUT2D eigenvalue weighted by molar-refractivity contribution is -0.116. The number of anilines is 1. The Labute approximate surface area is 104 Å². The summed E-state index contributed by atoms with van der Waals surface area (Å²) in [7, 11) is 0. The van der Waals surface area contributed by atoms with E-state index in [2.05, 4.69) is 0 Å². The van der Waals surface area contributed by atoms with E-state index in [0.717, 1.165) is 12.1 Å². The van der Waals surface area contributed by atoms with Crippen LogP contribution in [-0.2, 0) is 4.79 Å². The van der Waals surface area contributed by atoms with E-state index in [4.69, 9.17) is 11.0 Å². The number of hydrogen-bond donors (Lipinski definition) is 1. The van der Waals surface area contributed by atoms with Gasteiger partial charge in [-0.15, -0.1) is 0 Å². The Bertz CT molecular complexity index is 486. The maximum atomic E-state index is 13.8. The summed E-state index contributed by atoms with van der Waals surface area (Å²) in [6.45, 7) is 3.07. The minimum atomic E-state index is -0.888. The molecule has 1 aromatic rings. The van der Waals surface area contributed by atoms with Gasteiger partial charge in [-0.05, 0) is 26.0 Å². The van der Waals surface area contributed by atoms with Gasteiger partial charge in [0.15, 0.2) is 11.6 Å². The molecule has 1 rings (SSSR count). The van der Waals surface area contributed by atoms with Gasteiger partial charge in [-0.25, -0.2) is 8.78 Å². The van der Waals surface area contributed by atoms with Crippen LogP contribution in [0.1, 0.15) is 19.4 Å². The van der Waals surface area contributed by atoms with Crippen LogP contribution in [0.2, 0.25) is 0 Å². The third-order valence-electron chi connectivity index (χ3n) is 2.38. The van der Waals surface area contributed by atoms with Gasteiger partial charge >= 0.3 is 0 Å². The van der Waals surface area contributed by atoms with Gasteiger partial charge in [-0.2, -0.15) is 5.26 Å². The second kappa shape index (κ2) is 5.45. The van der Waals surface area contributed by atoms with E-state index < -0.39 is 17.5 Å². The molecule has 0 aromatic heterocycles. The smallest absolute Gasteiger partial charge is 0.236 e. The van der Waals surface area contributed by atoms with Gasteiger partial charge < -0.3 is 10.6 Å². The lowest BCUT2D eigenvalue weighted by atomic mass is 10.1. The van der Waals surface area contributed by atoms with Crippen molar-refractivity contribution >= 4 is 11.6 Å². The first-order chi connectivity index (χ1) is 8.36. The number of carbonyl (C=O) groups is 1. The third-order valence-corrected chi connectivity index (χ3v) is 2.38. The fourth-order valence-corrected chi connectivity index (χ4v) is 1.59. The number of primary amides is 1. The van der Waals surface area contributed by atoms with Crippen LogP contribution in [0.25, 0.3) is 0 Å². The summed E-state index contributed by atoms with van der Waals surface area (Å²) in [5.74, 6) is -2.46. The molecule has 96 valence electrons. The molecule has 1 amide bonds. The van der Waals surface area contributed by atoms with Gasteiger partial charge in [0.1, 0.15) is 5.69 Å². The molecule has 0 bridgehead atoms. The largest absolute Gasteiger partial charge is 0.368 e. The van der Waals surface area contributed by atoms with Crippen LogP contribution in [0.4, 0.5) is 14.5 Å². The van der Waals surface area contributed by atoms with Gasteiger partial charge in [-0.3, -0.25) is 4.79 Å². The first kappa shape index (κ1) is 13.9. The SMILES string of the molecule is CC(C)N(CC(N)=O)c1c(F)cc(C#N)cc1F. The number of hydrogen-bond acceptors (Lipinski definition) is 3. The molecule has 0 unspecified atom stereocenters. The van der Waals surface area contributed by atoms with Crippen molar-refractivity contribution in [2.24, 2.45) is 5.73 Å². The summed E-state index contributed by atoms with van der Waals surface area (Å²) in [6.07, 6.45) is 0. The normalized spacial score (nSPS) is 10.2. The molecule has 4 nitrogen and oxygen atoms in total. The number of amides is 1. The van der Waals surface area contributed by atoms with Crippen molar-refractivity contribution in [3.05, 3.63) is 29.3 Å². The Balaban J connectivity index is 3.29. The van der Waals surface area contributed by atoms with Gasteiger partial charge in [0, 0.05) is 6.04 Å². The van der Waals surface area contributed by atoms with Crippen LogP contribution in [0.15, 0.2) is 12.1 Å². The number of nitrogens with two attached hydrogens (primary N) is 1. The van der Waals surface area contributed by atoms with Crippen LogP contribution in [0.5, 0.6) is 0 Å². The molecule has 0 radical (unpaired) electrons. The highest BCUT2D eigenvalue weighted by molar-refractivity contribution is 5.79. The average Bonchev–Trinajstić information content (AvgIpc) is 2.25. The van der Waals surface area contributed by atoms with Gasteiger partial charge in [0.05, 0.1) is 18.2 Å². The Morgan fingerprint density at radius 3 is 2.28 bits per heavy atom. The molecule has 18 heavy (non-hydrogen) atoms. The van der Waals surface area contributed by atoms with Gasteiger partial charge in [-0.1, -0.05) is 0 Å². The van der Waals surface area contributed by atoms with Crippen molar-refractivity contribution in [1.82, 2.24) is 0 Å². The van der Waals surface area contributed by atoms with Crippen molar-refractivity contribution in [2.45, 2.75) is 19.9 Å². The van der Waals surface area contributed by atoms with Gasteiger partial charge in [0.2, 0.25) is 5.91 Å². The minimum absolute atomic E-state index is 0.114. The summed E-state index contributed by atoms with van der Waals surface area (Å²) in [5.41, 5.74) is 4.59. The van der Waals surface area contributed by atoms with E-state index in [1.54, 1.807) is 19.9 Å². The number of benzene rings is 1. The number of nitrogens with zero attached hydrogens (tertiary/aromatic N) is 2. The number of carbonyl (C=O) groups excluding carboxylic acids is 1. The predicted octanol–water partition coefficient (Wildman–Crippen LogP) is 1.54. The highest BCUT2D eigenvalue weighted by atomic mass is 19.1. The zero-order valence-corrected chi connectivity index (χ0v) is 10.1. The van der Waals surface area contributed by atoms with E-state index >= 15 is 0 Å². The van der Waals surface area contributed by atoms with Crippen molar-refractivity contribution in [2.75, 3.05) is 11.4 Å². The summed E-state index contributed by atoms with van der Waals surface area (Å²) in [5, 5.41) is 8.60. The molecule has 0 aliphatic rings. The molecular formula is C12H13F2N3O. The maximum Gasteiger partial charge on any atom is 0.236 e. The standard InChI is InChI=1S/C12H13F2N3O/c1-7(2)17(6-11(16)18)12-9(13)3-8(5-15)4-10(12)14/h3-4,7H,6H2,1-2H3,(H2,16,18). The number of nitriles is 1. The summed E-state index contributed by atoms with van der Waals surface area (Å²) < 4.78 is 27.5. The monoisotopic (exact) mass is 253 g/mol. The fourth-order valence-electron chi connectivity index (χ4n) is 1.59. The molecule has 0 atom stereocenters. The van der Waals surface area contributed by atoms with E-state index in [1.165, 1.54) is 4.90 Å².